The summed E-state index contributed by atoms with van der Waals surface area (Å²) in [6.07, 6.45) is 1.81. The van der Waals surface area contributed by atoms with E-state index < -0.39 is 0 Å². The third-order valence-electron chi connectivity index (χ3n) is 3.89. The molecular weight excluding hydrogens is 474 g/mol. The summed E-state index contributed by atoms with van der Waals surface area (Å²) in [5.41, 5.74) is 1.69. The maximum absolute atomic E-state index is 12.3. The van der Waals surface area contributed by atoms with Crippen molar-refractivity contribution in [2.45, 2.75) is 19.8 Å². The molecule has 1 amide bonds. The minimum absolute atomic E-state index is 0.147. The van der Waals surface area contributed by atoms with Crippen LogP contribution in [0, 0.1) is 0 Å². The van der Waals surface area contributed by atoms with Crippen LogP contribution < -0.4 is 10.6 Å². The highest BCUT2D eigenvalue weighted by Gasteiger charge is 2.13. The number of benzene rings is 2. The Morgan fingerprint density at radius 3 is 2.79 bits per heavy atom. The Hall–Kier alpha value is -2.36. The van der Waals surface area contributed by atoms with E-state index in [0.717, 1.165) is 27.5 Å². The number of carbonyl (C=O) groups is 2. The SMILES string of the molecule is CCCCOC(=O)c1ccc2nc(NC(=S)NC(=O)c3cccc(Br)c3)sc2c1. The predicted octanol–water partition coefficient (Wildman–Crippen LogP) is 5.14. The Labute approximate surface area is 185 Å². The highest BCUT2D eigenvalue weighted by molar-refractivity contribution is 9.10. The quantitative estimate of drug-likeness (QED) is 0.282. The van der Waals surface area contributed by atoms with Gasteiger partial charge in [0.15, 0.2) is 10.2 Å². The molecule has 0 aliphatic carbocycles. The molecule has 0 unspecified atom stereocenters. The number of fused-ring (bicyclic) bond motifs is 1. The van der Waals surface area contributed by atoms with E-state index >= 15 is 0 Å². The fourth-order valence-corrected chi connectivity index (χ4v) is 3.99. The number of thiazole rings is 1. The summed E-state index contributed by atoms with van der Waals surface area (Å²) in [5, 5.41) is 6.21. The molecule has 3 aromatic rings. The number of unbranched alkanes of at least 4 members (excludes halogenated alkanes) is 1. The number of ether oxygens (including phenoxy) is 1. The van der Waals surface area contributed by atoms with Crippen molar-refractivity contribution in [3.63, 3.8) is 0 Å². The first-order chi connectivity index (χ1) is 14.0. The third kappa shape index (κ3) is 5.81. The number of hydrogen-bond donors (Lipinski definition) is 2. The highest BCUT2D eigenvalue weighted by atomic mass is 79.9. The Kier molecular flexibility index (Phi) is 7.29. The number of rotatable bonds is 6. The van der Waals surface area contributed by atoms with Crippen LogP contribution in [0.5, 0.6) is 0 Å². The fraction of sp³-hybridized carbons (Fsp3) is 0.200. The van der Waals surface area contributed by atoms with Gasteiger partial charge in [0, 0.05) is 10.0 Å². The largest absolute Gasteiger partial charge is 0.462 e. The summed E-state index contributed by atoms with van der Waals surface area (Å²) in [6.45, 7) is 2.45. The maximum Gasteiger partial charge on any atom is 0.338 e. The van der Waals surface area contributed by atoms with E-state index in [1.807, 2.05) is 13.0 Å². The third-order valence-corrected chi connectivity index (χ3v) is 5.52. The number of esters is 1. The normalized spacial score (nSPS) is 10.6. The second kappa shape index (κ2) is 9.91. The first-order valence-corrected chi connectivity index (χ1v) is 10.9. The van der Waals surface area contributed by atoms with Crippen LogP contribution in [0.2, 0.25) is 0 Å². The lowest BCUT2D eigenvalue weighted by molar-refractivity contribution is 0.0500. The molecule has 1 aromatic heterocycles. The molecule has 0 saturated heterocycles. The van der Waals surface area contributed by atoms with Gasteiger partial charge >= 0.3 is 5.97 Å². The van der Waals surface area contributed by atoms with E-state index in [2.05, 4.69) is 31.5 Å². The monoisotopic (exact) mass is 491 g/mol. The average Bonchev–Trinajstić information content (AvgIpc) is 3.09. The number of aromatic nitrogens is 1. The summed E-state index contributed by atoms with van der Waals surface area (Å²) in [7, 11) is 0. The predicted molar refractivity (Wildman–Crippen MR) is 123 cm³/mol. The molecule has 1 heterocycles. The topological polar surface area (TPSA) is 80.3 Å². The van der Waals surface area contributed by atoms with Crippen LogP contribution in [0.4, 0.5) is 5.13 Å². The zero-order valence-corrected chi connectivity index (χ0v) is 18.7. The smallest absolute Gasteiger partial charge is 0.338 e. The number of hydrogen-bond acceptors (Lipinski definition) is 6. The lowest BCUT2D eigenvalue weighted by Gasteiger charge is -2.07. The molecule has 0 radical (unpaired) electrons. The standard InChI is InChI=1S/C20H18BrN3O3S2/c1-2-3-9-27-18(26)13-7-8-15-16(11-13)29-20(22-15)24-19(28)23-17(25)12-5-4-6-14(21)10-12/h4-8,10-11H,2-3,9H2,1H3,(H2,22,23,24,25,28). The van der Waals surface area contributed by atoms with Gasteiger partial charge in [-0.05, 0) is 55.0 Å². The van der Waals surface area contributed by atoms with Gasteiger partial charge in [0.25, 0.3) is 5.91 Å². The summed E-state index contributed by atoms with van der Waals surface area (Å²) in [5.74, 6) is -0.665. The Morgan fingerprint density at radius 2 is 2.03 bits per heavy atom. The number of carbonyl (C=O) groups excluding carboxylic acids is 2. The molecule has 29 heavy (non-hydrogen) atoms. The molecule has 0 aliphatic heterocycles. The van der Waals surface area contributed by atoms with Crippen molar-refractivity contribution in [1.82, 2.24) is 10.3 Å². The Bertz CT molecular complexity index is 1070. The van der Waals surface area contributed by atoms with Crippen LogP contribution in [-0.2, 0) is 4.74 Å². The Morgan fingerprint density at radius 1 is 1.21 bits per heavy atom. The number of halogens is 1. The molecule has 0 fully saturated rings. The molecule has 0 aliphatic rings. The van der Waals surface area contributed by atoms with Crippen LogP contribution in [0.1, 0.15) is 40.5 Å². The molecule has 9 heteroatoms. The molecule has 3 rings (SSSR count). The second-order valence-electron chi connectivity index (χ2n) is 6.11. The van der Waals surface area contributed by atoms with Crippen molar-refractivity contribution in [2.75, 3.05) is 11.9 Å². The highest BCUT2D eigenvalue weighted by Crippen LogP contribution is 2.27. The van der Waals surface area contributed by atoms with Gasteiger partial charge in [-0.15, -0.1) is 0 Å². The molecule has 150 valence electrons. The van der Waals surface area contributed by atoms with Crippen LogP contribution in [0.3, 0.4) is 0 Å². The number of thiocarbonyl (C=S) groups is 1. The average molecular weight is 492 g/mol. The van der Waals surface area contributed by atoms with Gasteiger partial charge in [0.1, 0.15) is 0 Å². The van der Waals surface area contributed by atoms with E-state index in [4.69, 9.17) is 17.0 Å². The molecule has 2 aromatic carbocycles. The van der Waals surface area contributed by atoms with Crippen molar-refractivity contribution in [1.29, 1.82) is 0 Å². The van der Waals surface area contributed by atoms with Gasteiger partial charge in [0.05, 0.1) is 22.4 Å². The van der Waals surface area contributed by atoms with Gasteiger partial charge in [-0.1, -0.05) is 46.7 Å². The zero-order chi connectivity index (χ0) is 20.8. The van der Waals surface area contributed by atoms with Crippen molar-refractivity contribution in [2.24, 2.45) is 0 Å². The van der Waals surface area contributed by atoms with Gasteiger partial charge in [-0.3, -0.25) is 10.1 Å². The Balaban J connectivity index is 1.65. The summed E-state index contributed by atoms with van der Waals surface area (Å²) >= 11 is 9.88. The van der Waals surface area contributed by atoms with Crippen molar-refractivity contribution < 1.29 is 14.3 Å². The number of amides is 1. The minimum atomic E-state index is -0.347. The van der Waals surface area contributed by atoms with Gasteiger partial charge < -0.3 is 10.1 Å². The number of anilines is 1. The van der Waals surface area contributed by atoms with Gasteiger partial charge in [-0.25, -0.2) is 9.78 Å². The summed E-state index contributed by atoms with van der Waals surface area (Å²) in [6, 6.07) is 12.2. The molecule has 2 N–H and O–H groups in total. The molecule has 0 spiro atoms. The lowest BCUT2D eigenvalue weighted by Crippen LogP contribution is -2.34. The van der Waals surface area contributed by atoms with Crippen LogP contribution in [-0.4, -0.2) is 28.6 Å². The van der Waals surface area contributed by atoms with Crippen molar-refractivity contribution in [3.8, 4) is 0 Å². The van der Waals surface area contributed by atoms with E-state index in [1.165, 1.54) is 11.3 Å². The fourth-order valence-electron chi connectivity index (χ4n) is 2.43. The lowest BCUT2D eigenvalue weighted by atomic mass is 10.2. The molecule has 0 bridgehead atoms. The van der Waals surface area contributed by atoms with Crippen LogP contribution in [0.25, 0.3) is 10.2 Å². The molecule has 6 nitrogen and oxygen atoms in total. The first kappa shape index (κ1) is 21.4. The number of nitrogens with one attached hydrogen (secondary N) is 2. The van der Waals surface area contributed by atoms with E-state index in [9.17, 15) is 9.59 Å². The van der Waals surface area contributed by atoms with Crippen molar-refractivity contribution >= 4 is 71.8 Å². The van der Waals surface area contributed by atoms with E-state index in [0.29, 0.717) is 22.9 Å². The molecule has 0 atom stereocenters. The number of nitrogens with zero attached hydrogens (tertiary/aromatic N) is 1. The van der Waals surface area contributed by atoms with Crippen LogP contribution in [0.15, 0.2) is 46.9 Å². The van der Waals surface area contributed by atoms with Gasteiger partial charge in [0.2, 0.25) is 0 Å². The molecule has 0 saturated carbocycles. The maximum atomic E-state index is 12.3. The van der Waals surface area contributed by atoms with E-state index in [1.54, 1.807) is 36.4 Å². The van der Waals surface area contributed by atoms with Gasteiger partial charge in [-0.2, -0.15) is 0 Å². The summed E-state index contributed by atoms with van der Waals surface area (Å²) in [4.78, 5) is 28.8. The van der Waals surface area contributed by atoms with Crippen molar-refractivity contribution in [3.05, 3.63) is 58.1 Å². The zero-order valence-electron chi connectivity index (χ0n) is 15.5. The van der Waals surface area contributed by atoms with Crippen LogP contribution >= 0.6 is 39.5 Å². The second-order valence-corrected chi connectivity index (χ2v) is 8.46. The summed E-state index contributed by atoms with van der Waals surface area (Å²) < 4.78 is 6.86. The first-order valence-electron chi connectivity index (χ1n) is 8.92. The van der Waals surface area contributed by atoms with E-state index in [-0.39, 0.29) is 17.0 Å². The molecular formula is C20H18BrN3O3S2. The minimum Gasteiger partial charge on any atom is -0.462 e.